The van der Waals surface area contributed by atoms with E-state index < -0.39 is 53.3 Å². The van der Waals surface area contributed by atoms with Gasteiger partial charge in [0.05, 0.1) is 6.42 Å². The molecule has 3 saturated carbocycles. The molecule has 0 heterocycles. The van der Waals surface area contributed by atoms with Crippen molar-refractivity contribution in [2.45, 2.75) is 110 Å². The summed E-state index contributed by atoms with van der Waals surface area (Å²) in [5.74, 6) is -2.76. The zero-order valence-corrected chi connectivity index (χ0v) is 25.5. The summed E-state index contributed by atoms with van der Waals surface area (Å²) in [5, 5.41) is 11.7. The third kappa shape index (κ3) is 5.65. The summed E-state index contributed by atoms with van der Waals surface area (Å²) in [6, 6.07) is -1.07. The fourth-order valence-electron chi connectivity index (χ4n) is 8.80. The number of nitrogens with one attached hydrogen (secondary N) is 1. The molecule has 0 saturated heterocycles. The lowest BCUT2D eigenvalue weighted by Gasteiger charge is -2.59. The molecule has 0 spiro atoms. The van der Waals surface area contributed by atoms with E-state index in [9.17, 15) is 33.9 Å². The Kier molecular flexibility index (Phi) is 9.05. The van der Waals surface area contributed by atoms with E-state index in [0.717, 1.165) is 32.1 Å². The van der Waals surface area contributed by atoms with Crippen molar-refractivity contribution in [3.05, 3.63) is 11.6 Å². The highest BCUT2D eigenvalue weighted by atomic mass is 16.6. The minimum absolute atomic E-state index is 0.0314. The summed E-state index contributed by atoms with van der Waals surface area (Å²) in [6.07, 6.45) is 7.10. The van der Waals surface area contributed by atoms with Gasteiger partial charge >= 0.3 is 17.9 Å². The number of ether oxygens (including phenoxy) is 2. The van der Waals surface area contributed by atoms with Gasteiger partial charge in [0, 0.05) is 25.2 Å². The van der Waals surface area contributed by atoms with Gasteiger partial charge in [-0.1, -0.05) is 33.3 Å². The zero-order chi connectivity index (χ0) is 31.0. The van der Waals surface area contributed by atoms with E-state index in [0.29, 0.717) is 31.1 Å². The van der Waals surface area contributed by atoms with E-state index in [4.69, 9.17) is 9.47 Å². The second-order valence-corrected chi connectivity index (χ2v) is 13.6. The van der Waals surface area contributed by atoms with Gasteiger partial charge in [0.25, 0.3) is 0 Å². The Hall–Kier alpha value is -3.04. The first-order chi connectivity index (χ1) is 19.6. The highest BCUT2D eigenvalue weighted by Crippen LogP contribution is 2.68. The molecular formula is C32H45NO9. The molecule has 42 heavy (non-hydrogen) atoms. The van der Waals surface area contributed by atoms with Crippen molar-refractivity contribution < 1.29 is 43.3 Å². The molecule has 4 aliphatic rings. The predicted octanol–water partition coefficient (Wildman–Crippen LogP) is 3.94. The van der Waals surface area contributed by atoms with Gasteiger partial charge in [-0.3, -0.25) is 24.0 Å². The van der Waals surface area contributed by atoms with Crippen LogP contribution in [0.15, 0.2) is 11.6 Å². The molecule has 232 valence electrons. The Labute approximate surface area is 247 Å². The van der Waals surface area contributed by atoms with Crippen molar-refractivity contribution in [2.75, 3.05) is 6.61 Å². The summed E-state index contributed by atoms with van der Waals surface area (Å²) >= 11 is 0. The number of aliphatic carboxylic acids is 1. The van der Waals surface area contributed by atoms with E-state index in [2.05, 4.69) is 12.2 Å². The molecule has 4 rings (SSSR count). The van der Waals surface area contributed by atoms with Crippen LogP contribution in [0.2, 0.25) is 0 Å². The SMILES string of the molecule is CC(=O)OC1(C(=O)COC(=O)CCC(=O)NC(C(=O)O)C(C)C)CCC2C3CCC4=CC(=O)CCC4(C)C3CCC21C. The Morgan fingerprint density at radius 1 is 1.00 bits per heavy atom. The van der Waals surface area contributed by atoms with Gasteiger partial charge in [-0.25, -0.2) is 4.79 Å². The summed E-state index contributed by atoms with van der Waals surface area (Å²) in [7, 11) is 0. The third-order valence-corrected chi connectivity index (χ3v) is 11.0. The molecule has 0 radical (unpaired) electrons. The second-order valence-electron chi connectivity index (χ2n) is 13.6. The van der Waals surface area contributed by atoms with Gasteiger partial charge in [-0.05, 0) is 80.1 Å². The Morgan fingerprint density at radius 3 is 2.33 bits per heavy atom. The summed E-state index contributed by atoms with van der Waals surface area (Å²) in [5.41, 5.74) is -0.797. The molecule has 10 nitrogen and oxygen atoms in total. The number of amides is 1. The lowest BCUT2D eigenvalue weighted by molar-refractivity contribution is -0.191. The van der Waals surface area contributed by atoms with Crippen LogP contribution in [-0.4, -0.2) is 58.7 Å². The molecule has 0 aromatic carbocycles. The van der Waals surface area contributed by atoms with Crippen molar-refractivity contribution in [3.8, 4) is 0 Å². The standard InChI is InChI=1S/C32H45NO9/c1-18(2)28(29(39)40)33-26(37)8-9-27(38)41-17-25(36)32(42-19(3)34)15-12-24-22-7-6-20-16-21(35)10-13-30(20,4)23(22)11-14-31(24,32)5/h16,18,22-24,28H,6-15,17H2,1-5H3,(H,33,37)(H,39,40). The number of esters is 2. The number of allylic oxidation sites excluding steroid dienone is 1. The zero-order valence-electron chi connectivity index (χ0n) is 25.5. The molecule has 0 aromatic rings. The molecule has 4 aliphatic carbocycles. The molecular weight excluding hydrogens is 542 g/mol. The van der Waals surface area contributed by atoms with Crippen LogP contribution in [0, 0.1) is 34.5 Å². The first kappa shape index (κ1) is 31.9. The van der Waals surface area contributed by atoms with E-state index in [-0.39, 0.29) is 35.9 Å². The number of carboxylic acids is 1. The Morgan fingerprint density at radius 2 is 1.69 bits per heavy atom. The van der Waals surface area contributed by atoms with E-state index >= 15 is 0 Å². The van der Waals surface area contributed by atoms with Crippen LogP contribution in [0.1, 0.15) is 98.8 Å². The first-order valence-corrected chi connectivity index (χ1v) is 15.3. The van der Waals surface area contributed by atoms with Crippen molar-refractivity contribution in [2.24, 2.45) is 34.5 Å². The quantitative estimate of drug-likeness (QED) is 0.362. The monoisotopic (exact) mass is 587 g/mol. The van der Waals surface area contributed by atoms with Gasteiger partial charge < -0.3 is 19.9 Å². The molecule has 0 aliphatic heterocycles. The molecule has 2 N–H and O–H groups in total. The largest absolute Gasteiger partial charge is 0.480 e. The van der Waals surface area contributed by atoms with Crippen molar-refractivity contribution in [3.63, 3.8) is 0 Å². The predicted molar refractivity (Wildman–Crippen MR) is 151 cm³/mol. The third-order valence-electron chi connectivity index (χ3n) is 11.0. The van der Waals surface area contributed by atoms with E-state index in [1.165, 1.54) is 12.5 Å². The molecule has 1 amide bonds. The topological polar surface area (TPSA) is 153 Å². The van der Waals surface area contributed by atoms with Gasteiger partial charge in [0.15, 0.2) is 18.0 Å². The van der Waals surface area contributed by atoms with Gasteiger partial charge in [0.2, 0.25) is 11.7 Å². The van der Waals surface area contributed by atoms with Crippen LogP contribution in [0.4, 0.5) is 0 Å². The summed E-state index contributed by atoms with van der Waals surface area (Å²) in [4.78, 5) is 74.4. The van der Waals surface area contributed by atoms with Crippen LogP contribution in [0.25, 0.3) is 0 Å². The fraction of sp³-hybridized carbons (Fsp3) is 0.750. The second kappa shape index (κ2) is 11.9. The number of fused-ring (bicyclic) bond motifs is 5. The van der Waals surface area contributed by atoms with E-state index in [1.54, 1.807) is 13.8 Å². The average Bonchev–Trinajstić information content (AvgIpc) is 3.21. The highest BCUT2D eigenvalue weighted by molar-refractivity contribution is 5.94. The van der Waals surface area contributed by atoms with Crippen molar-refractivity contribution >= 4 is 35.4 Å². The maximum Gasteiger partial charge on any atom is 0.326 e. The lowest BCUT2D eigenvalue weighted by Crippen LogP contribution is -2.59. The normalized spacial score (nSPS) is 34.3. The number of hydrogen-bond acceptors (Lipinski definition) is 8. The molecule has 0 aromatic heterocycles. The number of carbonyl (C=O) groups is 6. The molecule has 7 atom stereocenters. The van der Waals surface area contributed by atoms with Crippen LogP contribution in [-0.2, 0) is 38.2 Å². The molecule has 3 fully saturated rings. The number of rotatable bonds is 10. The van der Waals surface area contributed by atoms with E-state index in [1.807, 2.05) is 13.0 Å². The van der Waals surface area contributed by atoms with Gasteiger partial charge in [0.1, 0.15) is 6.04 Å². The van der Waals surface area contributed by atoms with Gasteiger partial charge in [-0.15, -0.1) is 0 Å². The summed E-state index contributed by atoms with van der Waals surface area (Å²) < 4.78 is 11.2. The molecule has 7 unspecified atom stereocenters. The lowest BCUT2D eigenvalue weighted by atomic mass is 9.46. The van der Waals surface area contributed by atoms with Crippen molar-refractivity contribution in [1.82, 2.24) is 5.32 Å². The molecule has 0 bridgehead atoms. The minimum Gasteiger partial charge on any atom is -0.480 e. The maximum absolute atomic E-state index is 13.8. The average molecular weight is 588 g/mol. The number of Topliss-reactive ketones (excluding diaryl/α,β-unsaturated/α-hetero) is 1. The van der Waals surface area contributed by atoms with Crippen molar-refractivity contribution in [1.29, 1.82) is 0 Å². The maximum atomic E-state index is 13.8. The number of carbonyl (C=O) groups excluding carboxylic acids is 5. The Balaban J connectivity index is 1.43. The van der Waals surface area contributed by atoms with Crippen LogP contribution < -0.4 is 5.32 Å². The first-order valence-electron chi connectivity index (χ1n) is 15.3. The molecule has 10 heteroatoms. The number of carboxylic acid groups (broad SMARTS) is 1. The van der Waals surface area contributed by atoms with Crippen LogP contribution >= 0.6 is 0 Å². The summed E-state index contributed by atoms with van der Waals surface area (Å²) in [6.45, 7) is 8.38. The van der Waals surface area contributed by atoms with Crippen LogP contribution in [0.3, 0.4) is 0 Å². The number of hydrogen-bond donors (Lipinski definition) is 2. The fourth-order valence-corrected chi connectivity index (χ4v) is 8.80. The van der Waals surface area contributed by atoms with Gasteiger partial charge in [-0.2, -0.15) is 0 Å². The number of ketones is 2. The smallest absolute Gasteiger partial charge is 0.326 e. The minimum atomic E-state index is -1.41. The Bertz CT molecular complexity index is 1190. The highest BCUT2D eigenvalue weighted by Gasteiger charge is 2.68. The van der Waals surface area contributed by atoms with Crippen LogP contribution in [0.5, 0.6) is 0 Å².